The summed E-state index contributed by atoms with van der Waals surface area (Å²) in [6, 6.07) is 14.9. The first-order chi connectivity index (χ1) is 15.4. The quantitative estimate of drug-likeness (QED) is 0.476. The van der Waals surface area contributed by atoms with Gasteiger partial charge in [0.1, 0.15) is 11.4 Å². The summed E-state index contributed by atoms with van der Waals surface area (Å²) in [4.78, 5) is 20.8. The molecule has 6 nitrogen and oxygen atoms in total. The molecule has 0 unspecified atom stereocenters. The number of alkyl halides is 3. The lowest BCUT2D eigenvalue weighted by Crippen LogP contribution is -2.30. The van der Waals surface area contributed by atoms with Gasteiger partial charge in [-0.25, -0.2) is 9.97 Å². The third kappa shape index (κ3) is 4.30. The first-order valence-corrected chi connectivity index (χ1v) is 9.58. The van der Waals surface area contributed by atoms with E-state index in [9.17, 15) is 18.0 Å². The molecule has 0 fully saturated rings. The monoisotopic (exact) mass is 435 g/mol. The average Bonchev–Trinajstić information content (AvgIpc) is 3.20. The fourth-order valence-corrected chi connectivity index (χ4v) is 3.41. The molecule has 0 bridgehead atoms. The number of rotatable bonds is 5. The second kappa shape index (κ2) is 8.51. The number of pyridine rings is 2. The van der Waals surface area contributed by atoms with Crippen molar-refractivity contribution in [3.05, 3.63) is 112 Å². The van der Waals surface area contributed by atoms with Crippen LogP contribution in [-0.2, 0) is 19.1 Å². The normalized spacial score (nSPS) is 11.3. The molecule has 0 saturated carbocycles. The molecule has 0 atom stereocenters. The summed E-state index contributed by atoms with van der Waals surface area (Å²) in [7, 11) is 0. The Morgan fingerprint density at radius 3 is 2.50 bits per heavy atom. The van der Waals surface area contributed by atoms with Crippen LogP contribution < -0.4 is 5.56 Å². The lowest BCUT2D eigenvalue weighted by Gasteiger charge is -2.16. The van der Waals surface area contributed by atoms with Crippen LogP contribution in [0.1, 0.15) is 27.9 Å². The number of halogens is 3. The van der Waals surface area contributed by atoms with Gasteiger partial charge in [-0.1, -0.05) is 18.2 Å². The summed E-state index contributed by atoms with van der Waals surface area (Å²) in [5, 5.41) is 8.91. The van der Waals surface area contributed by atoms with Crippen LogP contribution in [0.3, 0.4) is 0 Å². The Kier molecular flexibility index (Phi) is 5.60. The van der Waals surface area contributed by atoms with Gasteiger partial charge in [0.25, 0.3) is 5.56 Å². The molecular weight excluding hydrogens is 419 g/mol. The highest BCUT2D eigenvalue weighted by Crippen LogP contribution is 2.30. The van der Waals surface area contributed by atoms with Crippen LogP contribution >= 0.6 is 0 Å². The minimum absolute atomic E-state index is 0.110. The first-order valence-electron chi connectivity index (χ1n) is 9.58. The Balaban J connectivity index is 1.70. The van der Waals surface area contributed by atoms with Crippen LogP contribution in [0, 0.1) is 11.3 Å². The Hall–Kier alpha value is -4.19. The SMILES string of the molecule is N#Cc1ccc(Cc2cncn2Cc2ccn(-c3ccccn3)c(=O)c2C(F)(F)F)cc1. The topological polar surface area (TPSA) is 76.5 Å². The molecule has 0 radical (unpaired) electrons. The number of hydrogen-bond acceptors (Lipinski definition) is 4. The lowest BCUT2D eigenvalue weighted by molar-refractivity contribution is -0.139. The van der Waals surface area contributed by atoms with Crippen molar-refractivity contribution in [2.45, 2.75) is 19.1 Å². The molecule has 4 aromatic rings. The largest absolute Gasteiger partial charge is 0.422 e. The predicted molar refractivity (Wildman–Crippen MR) is 110 cm³/mol. The maximum absolute atomic E-state index is 13.9. The molecule has 0 saturated heterocycles. The molecule has 1 aromatic carbocycles. The molecule has 4 rings (SSSR count). The van der Waals surface area contributed by atoms with E-state index in [4.69, 9.17) is 5.26 Å². The lowest BCUT2D eigenvalue weighted by atomic mass is 10.1. The van der Waals surface area contributed by atoms with Crippen molar-refractivity contribution < 1.29 is 13.2 Å². The minimum atomic E-state index is -4.84. The Morgan fingerprint density at radius 2 is 1.84 bits per heavy atom. The van der Waals surface area contributed by atoms with Crippen LogP contribution in [0.5, 0.6) is 0 Å². The van der Waals surface area contributed by atoms with Crippen LogP contribution in [0.2, 0.25) is 0 Å². The third-order valence-corrected chi connectivity index (χ3v) is 4.97. The van der Waals surface area contributed by atoms with Crippen molar-refractivity contribution in [1.82, 2.24) is 19.1 Å². The maximum atomic E-state index is 13.9. The van der Waals surface area contributed by atoms with Crippen LogP contribution in [0.15, 0.2) is 78.2 Å². The van der Waals surface area contributed by atoms with E-state index >= 15 is 0 Å². The van der Waals surface area contributed by atoms with E-state index in [0.717, 1.165) is 10.1 Å². The smallest absolute Gasteiger partial charge is 0.330 e. The van der Waals surface area contributed by atoms with Gasteiger partial charge in [-0.15, -0.1) is 0 Å². The third-order valence-electron chi connectivity index (χ3n) is 4.97. The van der Waals surface area contributed by atoms with Gasteiger partial charge in [0.05, 0.1) is 18.0 Å². The first kappa shape index (κ1) is 21.1. The molecule has 0 N–H and O–H groups in total. The van der Waals surface area contributed by atoms with Crippen molar-refractivity contribution >= 4 is 0 Å². The van der Waals surface area contributed by atoms with Gasteiger partial charge in [-0.3, -0.25) is 9.36 Å². The summed E-state index contributed by atoms with van der Waals surface area (Å²) in [5.41, 5.74) is -0.491. The summed E-state index contributed by atoms with van der Waals surface area (Å²) in [5.74, 6) is 0.110. The predicted octanol–water partition coefficient (Wildman–Crippen LogP) is 3.96. The average molecular weight is 435 g/mol. The number of nitrogens with zero attached hydrogens (tertiary/aromatic N) is 5. The second-order valence-corrected chi connectivity index (χ2v) is 7.08. The molecular formula is C23H16F3N5O. The zero-order chi connectivity index (χ0) is 22.7. The number of imidazole rings is 1. The van der Waals surface area contributed by atoms with Gasteiger partial charge in [0.2, 0.25) is 0 Å². The number of nitriles is 1. The zero-order valence-corrected chi connectivity index (χ0v) is 16.6. The highest BCUT2D eigenvalue weighted by Gasteiger charge is 2.37. The van der Waals surface area contributed by atoms with E-state index < -0.39 is 17.3 Å². The molecule has 0 spiro atoms. The number of hydrogen-bond donors (Lipinski definition) is 0. The highest BCUT2D eigenvalue weighted by molar-refractivity contribution is 5.34. The summed E-state index contributed by atoms with van der Waals surface area (Å²) >= 11 is 0. The van der Waals surface area contributed by atoms with Crippen LogP contribution in [0.4, 0.5) is 13.2 Å². The van der Waals surface area contributed by atoms with Crippen molar-refractivity contribution in [3.63, 3.8) is 0 Å². The highest BCUT2D eigenvalue weighted by atomic mass is 19.4. The standard InChI is InChI=1S/C23H16F3N5O/c24-23(25,26)21-18(8-10-31(22(21)32)20-3-1-2-9-29-20)14-30-15-28-13-19(30)11-16-4-6-17(12-27)7-5-16/h1-10,13,15H,11,14H2. The van der Waals surface area contributed by atoms with Crippen molar-refractivity contribution in [3.8, 4) is 11.9 Å². The summed E-state index contributed by atoms with van der Waals surface area (Å²) in [6.07, 6.45) is 1.29. The van der Waals surface area contributed by atoms with E-state index in [0.29, 0.717) is 17.7 Å². The van der Waals surface area contributed by atoms with E-state index in [2.05, 4.69) is 9.97 Å². The molecule has 0 aliphatic carbocycles. The number of aromatic nitrogens is 4. The Morgan fingerprint density at radius 1 is 1.06 bits per heavy atom. The van der Waals surface area contributed by atoms with Crippen molar-refractivity contribution in [2.24, 2.45) is 0 Å². The van der Waals surface area contributed by atoms with Gasteiger partial charge in [-0.05, 0) is 41.5 Å². The number of benzene rings is 1. The van der Waals surface area contributed by atoms with E-state index in [-0.39, 0.29) is 17.9 Å². The van der Waals surface area contributed by atoms with Gasteiger partial charge >= 0.3 is 6.18 Å². The van der Waals surface area contributed by atoms with E-state index in [1.54, 1.807) is 47.2 Å². The van der Waals surface area contributed by atoms with E-state index in [1.807, 2.05) is 6.07 Å². The van der Waals surface area contributed by atoms with Gasteiger partial charge < -0.3 is 4.57 Å². The molecule has 160 valence electrons. The molecule has 32 heavy (non-hydrogen) atoms. The van der Waals surface area contributed by atoms with Crippen LogP contribution in [0.25, 0.3) is 5.82 Å². The Labute approximate surface area is 180 Å². The molecule has 0 amide bonds. The van der Waals surface area contributed by atoms with Crippen molar-refractivity contribution in [1.29, 1.82) is 5.26 Å². The van der Waals surface area contributed by atoms with Crippen LogP contribution in [-0.4, -0.2) is 19.1 Å². The maximum Gasteiger partial charge on any atom is 0.422 e. The van der Waals surface area contributed by atoms with E-state index in [1.165, 1.54) is 30.9 Å². The zero-order valence-electron chi connectivity index (χ0n) is 16.6. The summed E-state index contributed by atoms with van der Waals surface area (Å²) in [6.45, 7) is -0.168. The molecule has 3 heterocycles. The summed E-state index contributed by atoms with van der Waals surface area (Å²) < 4.78 is 44.1. The fourth-order valence-electron chi connectivity index (χ4n) is 3.41. The van der Waals surface area contributed by atoms with Crippen molar-refractivity contribution in [2.75, 3.05) is 0 Å². The minimum Gasteiger partial charge on any atom is -0.330 e. The molecule has 0 aliphatic rings. The molecule has 3 aromatic heterocycles. The Bertz CT molecular complexity index is 1330. The fraction of sp³-hybridized carbons (Fsp3) is 0.130. The molecule has 9 heteroatoms. The van der Waals surface area contributed by atoms with Gasteiger partial charge in [-0.2, -0.15) is 18.4 Å². The van der Waals surface area contributed by atoms with Gasteiger partial charge in [0.15, 0.2) is 0 Å². The molecule has 0 aliphatic heterocycles. The van der Waals surface area contributed by atoms with Gasteiger partial charge in [0, 0.05) is 37.3 Å². The second-order valence-electron chi connectivity index (χ2n) is 7.08.